The molecule has 0 fully saturated rings. The Morgan fingerprint density at radius 2 is 1.94 bits per heavy atom. The van der Waals surface area contributed by atoms with Crippen molar-refractivity contribution >= 4 is 22.8 Å². The Morgan fingerprint density at radius 1 is 1.22 bits per heavy atom. The van der Waals surface area contributed by atoms with Crippen LogP contribution < -0.4 is 4.90 Å². The fourth-order valence-corrected chi connectivity index (χ4v) is 3.82. The lowest BCUT2D eigenvalue weighted by atomic mass is 10.1. The number of alkyl halides is 7. The first-order chi connectivity index (χ1) is 15.0. The molecule has 1 aliphatic heterocycles. The summed E-state index contributed by atoms with van der Waals surface area (Å²) in [5, 5.41) is 7.50. The van der Waals surface area contributed by atoms with Gasteiger partial charge in [-0.2, -0.15) is 23.4 Å². The van der Waals surface area contributed by atoms with E-state index in [0.717, 1.165) is 15.8 Å². The average Bonchev–Trinajstić information content (AvgIpc) is 3.30. The molecule has 1 unspecified atom stereocenters. The summed E-state index contributed by atoms with van der Waals surface area (Å²) in [4.78, 5) is 17.6. The van der Waals surface area contributed by atoms with Crippen molar-refractivity contribution in [3.05, 3.63) is 35.3 Å². The Hall–Kier alpha value is -3.19. The fourth-order valence-electron chi connectivity index (χ4n) is 3.82. The molecule has 0 saturated heterocycles. The number of aromatic nitrogens is 5. The Morgan fingerprint density at radius 3 is 2.56 bits per heavy atom. The van der Waals surface area contributed by atoms with Gasteiger partial charge in [-0.05, 0) is 19.4 Å². The number of carbonyl (C=O) groups excluding carboxylic acids is 1. The summed E-state index contributed by atoms with van der Waals surface area (Å²) in [5.41, 5.74) is -1.86. The number of nitrogens with zero attached hydrogens (tertiary/aromatic N) is 6. The van der Waals surface area contributed by atoms with Crippen LogP contribution in [0.15, 0.2) is 18.3 Å². The standard InChI is InChI=1S/C18H15F7N6O/c1-8-14-9(15(19)20)6-10(16(21)22)27-17(14)30(28-8)7-13(32)29-5-3-11(18(23,24)25)31-12(29)2-4-26-31/h2,4,6,11,15-16H,3,5,7H2,1H3. The van der Waals surface area contributed by atoms with Gasteiger partial charge in [0, 0.05) is 18.2 Å². The largest absolute Gasteiger partial charge is 0.410 e. The molecule has 1 amide bonds. The molecule has 0 saturated carbocycles. The van der Waals surface area contributed by atoms with Crippen LogP contribution in [0.4, 0.5) is 36.6 Å². The van der Waals surface area contributed by atoms with Gasteiger partial charge in [0.25, 0.3) is 12.9 Å². The van der Waals surface area contributed by atoms with Crippen LogP contribution in [0.25, 0.3) is 11.0 Å². The van der Waals surface area contributed by atoms with Crippen molar-refractivity contribution in [2.24, 2.45) is 0 Å². The summed E-state index contributed by atoms with van der Waals surface area (Å²) in [5.74, 6) is -0.814. The molecule has 14 heteroatoms. The van der Waals surface area contributed by atoms with E-state index in [2.05, 4.69) is 15.2 Å². The normalized spacial score (nSPS) is 16.9. The molecule has 0 bridgehead atoms. The van der Waals surface area contributed by atoms with Gasteiger partial charge in [0.1, 0.15) is 18.1 Å². The van der Waals surface area contributed by atoms with Crippen molar-refractivity contribution in [2.45, 2.75) is 45.0 Å². The number of fused-ring (bicyclic) bond motifs is 2. The minimum Gasteiger partial charge on any atom is -0.295 e. The van der Waals surface area contributed by atoms with Gasteiger partial charge in [0.2, 0.25) is 5.91 Å². The van der Waals surface area contributed by atoms with Crippen LogP contribution in [0.3, 0.4) is 0 Å². The summed E-state index contributed by atoms with van der Waals surface area (Å²) >= 11 is 0. The molecule has 32 heavy (non-hydrogen) atoms. The molecule has 3 aromatic rings. The molecule has 4 rings (SSSR count). The van der Waals surface area contributed by atoms with Gasteiger partial charge in [-0.25, -0.2) is 31.9 Å². The highest BCUT2D eigenvalue weighted by Gasteiger charge is 2.45. The molecule has 4 heterocycles. The van der Waals surface area contributed by atoms with E-state index in [1.807, 2.05) is 0 Å². The van der Waals surface area contributed by atoms with Crippen molar-refractivity contribution in [2.75, 3.05) is 11.4 Å². The van der Waals surface area contributed by atoms with Gasteiger partial charge >= 0.3 is 6.18 Å². The quantitative estimate of drug-likeness (QED) is 0.539. The third kappa shape index (κ3) is 3.66. The molecular formula is C18H15F7N6O. The molecule has 0 spiro atoms. The Bertz CT molecular complexity index is 1170. The van der Waals surface area contributed by atoms with Gasteiger partial charge in [0.15, 0.2) is 11.7 Å². The first-order valence-electron chi connectivity index (χ1n) is 9.34. The molecule has 7 nitrogen and oxygen atoms in total. The minimum atomic E-state index is -4.56. The van der Waals surface area contributed by atoms with Crippen molar-refractivity contribution in [3.8, 4) is 0 Å². The number of anilines is 1. The van der Waals surface area contributed by atoms with Crippen molar-refractivity contribution in [3.63, 3.8) is 0 Å². The zero-order valence-electron chi connectivity index (χ0n) is 16.3. The highest BCUT2D eigenvalue weighted by molar-refractivity contribution is 5.93. The van der Waals surface area contributed by atoms with Crippen LogP contribution in [-0.2, 0) is 11.3 Å². The van der Waals surface area contributed by atoms with Gasteiger partial charge in [0.05, 0.1) is 17.3 Å². The first kappa shape index (κ1) is 22.0. The predicted octanol–water partition coefficient (Wildman–Crippen LogP) is 4.35. The molecular weight excluding hydrogens is 449 g/mol. The zero-order valence-corrected chi connectivity index (χ0v) is 16.3. The van der Waals surface area contributed by atoms with Crippen LogP contribution in [0, 0.1) is 6.92 Å². The molecule has 0 aliphatic carbocycles. The Kier molecular flexibility index (Phi) is 5.33. The summed E-state index contributed by atoms with van der Waals surface area (Å²) in [6.07, 6.45) is -10.1. The summed E-state index contributed by atoms with van der Waals surface area (Å²) < 4.78 is 94.6. The van der Waals surface area contributed by atoms with Crippen LogP contribution in [0.5, 0.6) is 0 Å². The summed E-state index contributed by atoms with van der Waals surface area (Å²) in [7, 11) is 0. The third-order valence-corrected chi connectivity index (χ3v) is 5.20. The van der Waals surface area contributed by atoms with Crippen LogP contribution in [0.2, 0.25) is 0 Å². The summed E-state index contributed by atoms with van der Waals surface area (Å²) in [6, 6.07) is -0.0586. The SMILES string of the molecule is Cc1nn(CC(=O)N2CCC(C(F)(F)F)n3nccc32)c2nc(C(F)F)cc(C(F)F)c12. The Labute approximate surface area is 175 Å². The zero-order chi connectivity index (χ0) is 23.4. The van der Waals surface area contributed by atoms with Gasteiger partial charge < -0.3 is 0 Å². The molecule has 0 aromatic carbocycles. The monoisotopic (exact) mass is 464 g/mol. The maximum absolute atomic E-state index is 13.5. The summed E-state index contributed by atoms with van der Waals surface area (Å²) in [6.45, 7) is 0.488. The molecule has 1 aliphatic rings. The number of carbonyl (C=O) groups is 1. The van der Waals surface area contributed by atoms with Crippen molar-refractivity contribution < 1.29 is 35.5 Å². The number of pyridine rings is 1. The van der Waals surface area contributed by atoms with Gasteiger partial charge in [-0.15, -0.1) is 0 Å². The van der Waals surface area contributed by atoms with Gasteiger partial charge in [-0.3, -0.25) is 9.69 Å². The lowest BCUT2D eigenvalue weighted by Crippen LogP contribution is -2.44. The van der Waals surface area contributed by atoms with E-state index in [4.69, 9.17) is 0 Å². The highest BCUT2D eigenvalue weighted by atomic mass is 19.4. The van der Waals surface area contributed by atoms with E-state index < -0.39 is 55.2 Å². The smallest absolute Gasteiger partial charge is 0.295 e. The van der Waals surface area contributed by atoms with E-state index in [0.29, 0.717) is 10.7 Å². The average molecular weight is 464 g/mol. The maximum atomic E-state index is 13.5. The van der Waals surface area contributed by atoms with Gasteiger partial charge in [-0.1, -0.05) is 0 Å². The predicted molar refractivity (Wildman–Crippen MR) is 96.5 cm³/mol. The van der Waals surface area contributed by atoms with E-state index in [1.165, 1.54) is 13.0 Å². The second-order valence-corrected chi connectivity index (χ2v) is 7.20. The van der Waals surface area contributed by atoms with Crippen molar-refractivity contribution in [1.82, 2.24) is 24.5 Å². The fraction of sp³-hybridized carbons (Fsp3) is 0.444. The Balaban J connectivity index is 1.71. The molecule has 3 aromatic heterocycles. The first-order valence-corrected chi connectivity index (χ1v) is 9.34. The second-order valence-electron chi connectivity index (χ2n) is 7.20. The van der Waals surface area contributed by atoms with E-state index in [-0.39, 0.29) is 29.1 Å². The lowest BCUT2D eigenvalue weighted by Gasteiger charge is -2.33. The minimum absolute atomic E-state index is 0.0530. The third-order valence-electron chi connectivity index (χ3n) is 5.20. The number of halogens is 7. The van der Waals surface area contributed by atoms with Crippen LogP contribution >= 0.6 is 0 Å². The number of hydrogen-bond acceptors (Lipinski definition) is 4. The molecule has 172 valence electrons. The van der Waals surface area contributed by atoms with E-state index in [9.17, 15) is 35.5 Å². The number of hydrogen-bond donors (Lipinski definition) is 0. The molecule has 1 atom stereocenters. The topological polar surface area (TPSA) is 68.8 Å². The van der Waals surface area contributed by atoms with E-state index >= 15 is 0 Å². The lowest BCUT2D eigenvalue weighted by molar-refractivity contribution is -0.173. The number of amides is 1. The second kappa shape index (κ2) is 7.74. The number of aryl methyl sites for hydroxylation is 1. The number of rotatable bonds is 4. The highest BCUT2D eigenvalue weighted by Crippen LogP contribution is 2.39. The van der Waals surface area contributed by atoms with E-state index in [1.54, 1.807) is 0 Å². The van der Waals surface area contributed by atoms with Crippen molar-refractivity contribution in [1.29, 1.82) is 0 Å². The van der Waals surface area contributed by atoms with Crippen LogP contribution in [-0.4, -0.2) is 43.2 Å². The molecule has 0 radical (unpaired) electrons. The maximum Gasteiger partial charge on any atom is 0.410 e. The van der Waals surface area contributed by atoms with Crippen LogP contribution in [0.1, 0.15) is 42.3 Å². The molecule has 0 N–H and O–H groups in total.